The summed E-state index contributed by atoms with van der Waals surface area (Å²) in [5.41, 5.74) is 8.98. The molecular formula is C22H27N3O2. The number of nitrogens with zero attached hydrogens (tertiary/aromatic N) is 1. The van der Waals surface area contributed by atoms with Gasteiger partial charge in [-0.3, -0.25) is 14.5 Å². The lowest BCUT2D eigenvalue weighted by Crippen LogP contribution is -2.29. The normalized spacial score (nSPS) is 13.6. The summed E-state index contributed by atoms with van der Waals surface area (Å²) in [7, 11) is 0. The van der Waals surface area contributed by atoms with Gasteiger partial charge in [-0.05, 0) is 54.7 Å². The standard InChI is InChI=1S/C22H27N3O2/c1-2-16-3-5-17(6-4-16)15-25(20-11-12-20)14-13-21(26)24-19-9-7-18(8-10-19)22(23)27/h3-10,20H,2,11-15H2,1H3,(H2,23,27)(H,24,26). The highest BCUT2D eigenvalue weighted by Crippen LogP contribution is 2.28. The average Bonchev–Trinajstić information content (AvgIpc) is 3.51. The Morgan fingerprint density at radius 1 is 1.04 bits per heavy atom. The summed E-state index contributed by atoms with van der Waals surface area (Å²) in [5, 5.41) is 2.88. The largest absolute Gasteiger partial charge is 0.366 e. The molecule has 3 rings (SSSR count). The molecule has 0 radical (unpaired) electrons. The molecule has 0 unspecified atom stereocenters. The summed E-state index contributed by atoms with van der Waals surface area (Å²) in [6, 6.07) is 16.0. The Morgan fingerprint density at radius 3 is 2.22 bits per heavy atom. The minimum absolute atomic E-state index is 0.0196. The first-order valence-electron chi connectivity index (χ1n) is 9.56. The second-order valence-corrected chi connectivity index (χ2v) is 7.11. The number of primary amides is 1. The van der Waals surface area contributed by atoms with E-state index in [-0.39, 0.29) is 5.91 Å². The van der Waals surface area contributed by atoms with Crippen molar-refractivity contribution in [2.75, 3.05) is 11.9 Å². The predicted molar refractivity (Wildman–Crippen MR) is 107 cm³/mol. The van der Waals surface area contributed by atoms with E-state index in [0.29, 0.717) is 23.7 Å². The molecule has 0 spiro atoms. The average molecular weight is 365 g/mol. The summed E-state index contributed by atoms with van der Waals surface area (Å²) in [6.07, 6.45) is 3.92. The van der Waals surface area contributed by atoms with Crippen LogP contribution in [0.3, 0.4) is 0 Å². The molecule has 2 aromatic carbocycles. The molecule has 5 heteroatoms. The SMILES string of the molecule is CCc1ccc(CN(CCC(=O)Nc2ccc(C(N)=O)cc2)C2CC2)cc1. The molecule has 0 heterocycles. The first-order chi connectivity index (χ1) is 13.0. The van der Waals surface area contributed by atoms with Crippen molar-refractivity contribution >= 4 is 17.5 Å². The number of benzene rings is 2. The van der Waals surface area contributed by atoms with Gasteiger partial charge in [0.1, 0.15) is 0 Å². The molecular weight excluding hydrogens is 338 g/mol. The Morgan fingerprint density at radius 2 is 1.67 bits per heavy atom. The summed E-state index contributed by atoms with van der Waals surface area (Å²) in [5.74, 6) is -0.492. The van der Waals surface area contributed by atoms with Crippen molar-refractivity contribution < 1.29 is 9.59 Å². The Kier molecular flexibility index (Phi) is 6.24. The third kappa shape index (κ3) is 5.66. The van der Waals surface area contributed by atoms with Crippen LogP contribution in [-0.2, 0) is 17.8 Å². The summed E-state index contributed by atoms with van der Waals surface area (Å²) >= 11 is 0. The van der Waals surface area contributed by atoms with Crippen LogP contribution in [0.4, 0.5) is 5.69 Å². The number of aryl methyl sites for hydroxylation is 1. The van der Waals surface area contributed by atoms with Crippen LogP contribution >= 0.6 is 0 Å². The topological polar surface area (TPSA) is 75.4 Å². The van der Waals surface area contributed by atoms with Gasteiger partial charge in [-0.25, -0.2) is 0 Å². The highest BCUT2D eigenvalue weighted by atomic mass is 16.2. The maximum Gasteiger partial charge on any atom is 0.248 e. The fourth-order valence-corrected chi connectivity index (χ4v) is 3.13. The monoisotopic (exact) mass is 365 g/mol. The van der Waals surface area contributed by atoms with E-state index in [1.54, 1.807) is 24.3 Å². The summed E-state index contributed by atoms with van der Waals surface area (Å²) in [6.45, 7) is 3.78. The van der Waals surface area contributed by atoms with Gasteiger partial charge in [0.25, 0.3) is 0 Å². The second-order valence-electron chi connectivity index (χ2n) is 7.11. The zero-order valence-corrected chi connectivity index (χ0v) is 15.8. The van der Waals surface area contributed by atoms with Crippen molar-refractivity contribution in [3.05, 3.63) is 65.2 Å². The van der Waals surface area contributed by atoms with Crippen molar-refractivity contribution in [2.45, 2.75) is 45.2 Å². The first kappa shape index (κ1) is 19.1. The molecule has 2 amide bonds. The highest BCUT2D eigenvalue weighted by Gasteiger charge is 2.29. The van der Waals surface area contributed by atoms with E-state index in [1.165, 1.54) is 24.0 Å². The molecule has 1 fully saturated rings. The molecule has 2 aromatic rings. The molecule has 0 saturated heterocycles. The fraction of sp³-hybridized carbons (Fsp3) is 0.364. The molecule has 0 bridgehead atoms. The maximum absolute atomic E-state index is 12.3. The van der Waals surface area contributed by atoms with Crippen LogP contribution in [0.2, 0.25) is 0 Å². The van der Waals surface area contributed by atoms with Gasteiger partial charge in [0.15, 0.2) is 0 Å². The van der Waals surface area contributed by atoms with E-state index in [0.717, 1.165) is 19.5 Å². The van der Waals surface area contributed by atoms with Crippen molar-refractivity contribution in [1.29, 1.82) is 0 Å². The van der Waals surface area contributed by atoms with Crippen LogP contribution in [0.15, 0.2) is 48.5 Å². The Labute approximate surface area is 160 Å². The van der Waals surface area contributed by atoms with E-state index < -0.39 is 5.91 Å². The highest BCUT2D eigenvalue weighted by molar-refractivity contribution is 5.94. The zero-order valence-electron chi connectivity index (χ0n) is 15.8. The van der Waals surface area contributed by atoms with E-state index >= 15 is 0 Å². The smallest absolute Gasteiger partial charge is 0.248 e. The molecule has 1 saturated carbocycles. The quantitative estimate of drug-likeness (QED) is 0.716. The van der Waals surface area contributed by atoms with E-state index in [2.05, 4.69) is 41.4 Å². The van der Waals surface area contributed by atoms with Gasteiger partial charge < -0.3 is 11.1 Å². The van der Waals surface area contributed by atoms with Gasteiger partial charge >= 0.3 is 0 Å². The van der Waals surface area contributed by atoms with Crippen molar-refractivity contribution in [2.24, 2.45) is 5.73 Å². The van der Waals surface area contributed by atoms with Crippen LogP contribution in [0.25, 0.3) is 0 Å². The molecule has 5 nitrogen and oxygen atoms in total. The van der Waals surface area contributed by atoms with Crippen LogP contribution in [-0.4, -0.2) is 29.3 Å². The lowest BCUT2D eigenvalue weighted by Gasteiger charge is -2.22. The molecule has 1 aliphatic carbocycles. The third-order valence-corrected chi connectivity index (χ3v) is 4.96. The fourth-order valence-electron chi connectivity index (χ4n) is 3.13. The number of nitrogens with one attached hydrogen (secondary N) is 1. The number of carbonyl (C=O) groups excluding carboxylic acids is 2. The summed E-state index contributed by atoms with van der Waals surface area (Å²) < 4.78 is 0. The van der Waals surface area contributed by atoms with Crippen LogP contribution < -0.4 is 11.1 Å². The number of anilines is 1. The molecule has 0 aromatic heterocycles. The number of amides is 2. The van der Waals surface area contributed by atoms with E-state index in [1.807, 2.05) is 0 Å². The Bertz CT molecular complexity index is 780. The maximum atomic E-state index is 12.3. The number of hydrogen-bond acceptors (Lipinski definition) is 3. The molecule has 142 valence electrons. The zero-order chi connectivity index (χ0) is 19.2. The number of nitrogens with two attached hydrogens (primary N) is 1. The number of rotatable bonds is 9. The first-order valence-corrected chi connectivity index (χ1v) is 9.56. The lowest BCUT2D eigenvalue weighted by molar-refractivity contribution is -0.116. The Balaban J connectivity index is 1.51. The van der Waals surface area contributed by atoms with E-state index in [9.17, 15) is 9.59 Å². The minimum atomic E-state index is -0.472. The van der Waals surface area contributed by atoms with Gasteiger partial charge in [-0.2, -0.15) is 0 Å². The van der Waals surface area contributed by atoms with Crippen molar-refractivity contribution in [1.82, 2.24) is 4.90 Å². The predicted octanol–water partition coefficient (Wildman–Crippen LogP) is 3.34. The van der Waals surface area contributed by atoms with Crippen LogP contribution in [0.1, 0.15) is 47.7 Å². The molecule has 27 heavy (non-hydrogen) atoms. The van der Waals surface area contributed by atoms with Gasteiger partial charge in [-0.15, -0.1) is 0 Å². The van der Waals surface area contributed by atoms with Gasteiger partial charge in [0, 0.05) is 36.8 Å². The van der Waals surface area contributed by atoms with Crippen LogP contribution in [0.5, 0.6) is 0 Å². The van der Waals surface area contributed by atoms with Gasteiger partial charge in [0.05, 0.1) is 0 Å². The molecule has 0 aliphatic heterocycles. The lowest BCUT2D eigenvalue weighted by atomic mass is 10.1. The molecule has 3 N–H and O–H groups in total. The van der Waals surface area contributed by atoms with E-state index in [4.69, 9.17) is 5.73 Å². The van der Waals surface area contributed by atoms with Crippen molar-refractivity contribution in [3.8, 4) is 0 Å². The third-order valence-electron chi connectivity index (χ3n) is 4.96. The van der Waals surface area contributed by atoms with Crippen LogP contribution in [0, 0.1) is 0 Å². The number of carbonyl (C=O) groups is 2. The Hall–Kier alpha value is -2.66. The number of hydrogen-bond donors (Lipinski definition) is 2. The molecule has 0 atom stereocenters. The second kappa shape index (κ2) is 8.82. The van der Waals surface area contributed by atoms with Gasteiger partial charge in [0.2, 0.25) is 11.8 Å². The minimum Gasteiger partial charge on any atom is -0.366 e. The van der Waals surface area contributed by atoms with Crippen molar-refractivity contribution in [3.63, 3.8) is 0 Å². The molecule has 1 aliphatic rings. The van der Waals surface area contributed by atoms with Gasteiger partial charge in [-0.1, -0.05) is 31.2 Å². The summed E-state index contributed by atoms with van der Waals surface area (Å²) in [4.78, 5) is 25.8.